The third-order valence-corrected chi connectivity index (χ3v) is 3.09. The van der Waals surface area contributed by atoms with Crippen molar-refractivity contribution in [3.8, 4) is 0 Å². The molecule has 0 aliphatic carbocycles. The van der Waals surface area contributed by atoms with Crippen LogP contribution < -0.4 is 10.2 Å². The molecule has 1 aromatic rings. The fraction of sp³-hybridized carbons (Fsp3) is 0.727. The number of nitrogens with zero attached hydrogens (tertiary/aromatic N) is 2. The van der Waals surface area contributed by atoms with Crippen molar-refractivity contribution in [3.05, 3.63) is 11.1 Å². The van der Waals surface area contributed by atoms with Gasteiger partial charge in [0.1, 0.15) is 0 Å². The summed E-state index contributed by atoms with van der Waals surface area (Å²) < 4.78 is 0. The first-order chi connectivity index (χ1) is 7.17. The molecular formula is C11H21N3S. The fourth-order valence-corrected chi connectivity index (χ4v) is 2.39. The number of thiazole rings is 1. The first-order valence-electron chi connectivity index (χ1n) is 5.51. The number of aromatic nitrogens is 1. The molecule has 0 aliphatic rings. The normalized spacial score (nSPS) is 11.0. The second-order valence-corrected chi connectivity index (χ2v) is 4.92. The van der Waals surface area contributed by atoms with Crippen LogP contribution in [0.3, 0.4) is 0 Å². The van der Waals surface area contributed by atoms with Crippen LogP contribution in [-0.2, 0) is 6.54 Å². The van der Waals surface area contributed by atoms with Crippen molar-refractivity contribution in [3.63, 3.8) is 0 Å². The summed E-state index contributed by atoms with van der Waals surface area (Å²) in [5.41, 5.74) is 1.14. The second-order valence-electron chi connectivity index (χ2n) is 4.08. The monoisotopic (exact) mass is 227 g/mol. The quantitative estimate of drug-likeness (QED) is 0.808. The number of rotatable bonds is 6. The second kappa shape index (κ2) is 6.08. The fourth-order valence-electron chi connectivity index (χ4n) is 1.49. The van der Waals surface area contributed by atoms with E-state index in [1.54, 1.807) is 11.3 Å². The third-order valence-electron chi connectivity index (χ3n) is 2.14. The lowest BCUT2D eigenvalue weighted by Crippen LogP contribution is -2.27. The highest BCUT2D eigenvalue weighted by Gasteiger charge is 2.10. The van der Waals surface area contributed by atoms with Gasteiger partial charge in [0.05, 0.1) is 5.69 Å². The average molecular weight is 227 g/mol. The van der Waals surface area contributed by atoms with Crippen molar-refractivity contribution in [2.75, 3.05) is 25.0 Å². The summed E-state index contributed by atoms with van der Waals surface area (Å²) in [4.78, 5) is 6.95. The summed E-state index contributed by atoms with van der Waals surface area (Å²) >= 11 is 1.74. The summed E-state index contributed by atoms with van der Waals surface area (Å²) in [6.45, 7) is 9.64. The predicted molar refractivity (Wildman–Crippen MR) is 67.6 cm³/mol. The minimum absolute atomic E-state index is 0.682. The molecule has 0 spiro atoms. The Balaban J connectivity index is 2.65. The Bertz CT molecular complexity index is 283. The minimum Gasteiger partial charge on any atom is -0.348 e. The lowest BCUT2D eigenvalue weighted by Gasteiger charge is -2.21. The van der Waals surface area contributed by atoms with Gasteiger partial charge in [-0.3, -0.25) is 0 Å². The van der Waals surface area contributed by atoms with Crippen LogP contribution >= 0.6 is 11.3 Å². The van der Waals surface area contributed by atoms with Crippen molar-refractivity contribution in [1.82, 2.24) is 10.3 Å². The standard InChI is InChI=1S/C11H21N3S/c1-5-14(7-9(2)3)11-13-10(6-12-4)8-15-11/h8-9,12H,5-7H2,1-4H3. The molecule has 1 aromatic heterocycles. The molecule has 15 heavy (non-hydrogen) atoms. The van der Waals surface area contributed by atoms with E-state index >= 15 is 0 Å². The zero-order valence-electron chi connectivity index (χ0n) is 10.1. The van der Waals surface area contributed by atoms with Gasteiger partial charge >= 0.3 is 0 Å². The van der Waals surface area contributed by atoms with Crippen LogP contribution in [0.5, 0.6) is 0 Å². The number of anilines is 1. The van der Waals surface area contributed by atoms with Gasteiger partial charge < -0.3 is 10.2 Å². The number of nitrogens with one attached hydrogen (secondary N) is 1. The molecule has 0 bridgehead atoms. The van der Waals surface area contributed by atoms with E-state index in [4.69, 9.17) is 0 Å². The van der Waals surface area contributed by atoms with Gasteiger partial charge in [-0.1, -0.05) is 13.8 Å². The van der Waals surface area contributed by atoms with Crippen LogP contribution in [0.25, 0.3) is 0 Å². The van der Waals surface area contributed by atoms with Crippen LogP contribution in [0.1, 0.15) is 26.5 Å². The molecular weight excluding hydrogens is 206 g/mol. The van der Waals surface area contributed by atoms with Crippen molar-refractivity contribution in [2.24, 2.45) is 5.92 Å². The molecule has 0 fully saturated rings. The van der Waals surface area contributed by atoms with Gasteiger partial charge in [-0.25, -0.2) is 4.98 Å². The molecule has 0 saturated heterocycles. The SMILES string of the molecule is CCN(CC(C)C)c1nc(CNC)cs1. The average Bonchev–Trinajstić information content (AvgIpc) is 2.63. The van der Waals surface area contributed by atoms with Gasteiger partial charge in [-0.15, -0.1) is 11.3 Å². The molecule has 0 radical (unpaired) electrons. The summed E-state index contributed by atoms with van der Waals surface area (Å²) in [6.07, 6.45) is 0. The van der Waals surface area contributed by atoms with E-state index in [2.05, 4.69) is 41.4 Å². The summed E-state index contributed by atoms with van der Waals surface area (Å²) in [5, 5.41) is 6.40. The Hall–Kier alpha value is -0.610. The topological polar surface area (TPSA) is 28.2 Å². The first-order valence-corrected chi connectivity index (χ1v) is 6.39. The molecule has 3 nitrogen and oxygen atoms in total. The van der Waals surface area contributed by atoms with Crippen molar-refractivity contribution in [2.45, 2.75) is 27.3 Å². The van der Waals surface area contributed by atoms with E-state index in [-0.39, 0.29) is 0 Å². The van der Waals surface area contributed by atoms with E-state index in [1.807, 2.05) is 7.05 Å². The highest BCUT2D eigenvalue weighted by Crippen LogP contribution is 2.21. The van der Waals surface area contributed by atoms with Crippen molar-refractivity contribution < 1.29 is 0 Å². The van der Waals surface area contributed by atoms with Gasteiger partial charge in [-0.05, 0) is 19.9 Å². The molecule has 0 aromatic carbocycles. The molecule has 1 heterocycles. The maximum Gasteiger partial charge on any atom is 0.185 e. The van der Waals surface area contributed by atoms with Crippen LogP contribution in [0.15, 0.2) is 5.38 Å². The Morgan fingerprint density at radius 2 is 2.27 bits per heavy atom. The molecule has 0 saturated carbocycles. The Morgan fingerprint density at radius 3 is 2.80 bits per heavy atom. The minimum atomic E-state index is 0.682. The van der Waals surface area contributed by atoms with E-state index in [0.717, 1.165) is 30.5 Å². The van der Waals surface area contributed by atoms with Crippen LogP contribution in [0.2, 0.25) is 0 Å². The summed E-state index contributed by atoms with van der Waals surface area (Å²) in [6, 6.07) is 0. The summed E-state index contributed by atoms with van der Waals surface area (Å²) in [5.74, 6) is 0.682. The van der Waals surface area contributed by atoms with Crippen molar-refractivity contribution in [1.29, 1.82) is 0 Å². The Kier molecular flexibility index (Phi) is 5.05. The van der Waals surface area contributed by atoms with Crippen LogP contribution in [0, 0.1) is 5.92 Å². The van der Waals surface area contributed by atoms with Crippen molar-refractivity contribution >= 4 is 16.5 Å². The predicted octanol–water partition coefficient (Wildman–Crippen LogP) is 2.34. The zero-order chi connectivity index (χ0) is 11.3. The Labute approximate surface area is 96.5 Å². The van der Waals surface area contributed by atoms with Gasteiger partial charge in [0.25, 0.3) is 0 Å². The lowest BCUT2D eigenvalue weighted by molar-refractivity contribution is 0.617. The summed E-state index contributed by atoms with van der Waals surface area (Å²) in [7, 11) is 1.95. The van der Waals surface area contributed by atoms with E-state index in [0.29, 0.717) is 5.92 Å². The molecule has 1 rings (SSSR count). The maximum absolute atomic E-state index is 4.61. The van der Waals surface area contributed by atoms with E-state index < -0.39 is 0 Å². The van der Waals surface area contributed by atoms with Crippen LogP contribution in [0.4, 0.5) is 5.13 Å². The first kappa shape index (κ1) is 12.5. The molecule has 0 unspecified atom stereocenters. The molecule has 0 amide bonds. The van der Waals surface area contributed by atoms with Gasteiger partial charge in [0.2, 0.25) is 0 Å². The molecule has 0 aliphatic heterocycles. The van der Waals surface area contributed by atoms with E-state index in [9.17, 15) is 0 Å². The third kappa shape index (κ3) is 3.80. The smallest absolute Gasteiger partial charge is 0.185 e. The largest absolute Gasteiger partial charge is 0.348 e. The van der Waals surface area contributed by atoms with Gasteiger partial charge in [-0.2, -0.15) is 0 Å². The molecule has 4 heteroatoms. The van der Waals surface area contributed by atoms with Gasteiger partial charge in [0.15, 0.2) is 5.13 Å². The molecule has 86 valence electrons. The van der Waals surface area contributed by atoms with E-state index in [1.165, 1.54) is 0 Å². The Morgan fingerprint density at radius 1 is 1.53 bits per heavy atom. The highest BCUT2D eigenvalue weighted by molar-refractivity contribution is 7.13. The molecule has 0 atom stereocenters. The number of hydrogen-bond acceptors (Lipinski definition) is 4. The highest BCUT2D eigenvalue weighted by atomic mass is 32.1. The lowest BCUT2D eigenvalue weighted by atomic mass is 10.2. The maximum atomic E-state index is 4.61. The van der Waals surface area contributed by atoms with Gasteiger partial charge in [0, 0.05) is 25.0 Å². The molecule has 1 N–H and O–H groups in total. The van der Waals surface area contributed by atoms with Crippen LogP contribution in [-0.4, -0.2) is 25.1 Å². The zero-order valence-corrected chi connectivity index (χ0v) is 10.9. The number of hydrogen-bond donors (Lipinski definition) is 1.